The van der Waals surface area contributed by atoms with Crippen LogP contribution in [0.5, 0.6) is 0 Å². The summed E-state index contributed by atoms with van der Waals surface area (Å²) in [7, 11) is 0. The van der Waals surface area contributed by atoms with Crippen LogP contribution in [0.4, 0.5) is 0 Å². The van der Waals surface area contributed by atoms with E-state index in [2.05, 4.69) is 59.9 Å². The average molecular weight is 272 g/mol. The Morgan fingerprint density at radius 2 is 1.43 bits per heavy atom. The molecular formula is C19H16N2. The summed E-state index contributed by atoms with van der Waals surface area (Å²) in [5, 5.41) is 3.38. The Balaban J connectivity index is 1.96. The summed E-state index contributed by atoms with van der Waals surface area (Å²) in [6, 6.07) is 23.2. The molecule has 0 unspecified atom stereocenters. The molecule has 2 heterocycles. The highest BCUT2D eigenvalue weighted by Gasteiger charge is 2.17. The molecule has 1 aliphatic rings. The molecule has 0 radical (unpaired) electrons. The van der Waals surface area contributed by atoms with Gasteiger partial charge in [-0.3, -0.25) is 4.98 Å². The second kappa shape index (κ2) is 5.15. The maximum atomic E-state index is 4.94. The van der Waals surface area contributed by atoms with Gasteiger partial charge in [0.05, 0.1) is 11.4 Å². The van der Waals surface area contributed by atoms with Crippen LogP contribution in [0.1, 0.15) is 11.3 Å². The van der Waals surface area contributed by atoms with E-state index in [0.29, 0.717) is 0 Å². The summed E-state index contributed by atoms with van der Waals surface area (Å²) in [5.41, 5.74) is 7.17. The van der Waals surface area contributed by atoms with E-state index in [-0.39, 0.29) is 0 Å². The van der Waals surface area contributed by atoms with Crippen molar-refractivity contribution in [3.63, 3.8) is 0 Å². The second-order valence-electron chi connectivity index (χ2n) is 5.33. The van der Waals surface area contributed by atoms with E-state index < -0.39 is 0 Å². The molecule has 0 saturated carbocycles. The molecule has 0 fully saturated rings. The summed E-state index contributed by atoms with van der Waals surface area (Å²) in [6.45, 7) is 1.78. The van der Waals surface area contributed by atoms with Crippen LogP contribution in [0.3, 0.4) is 0 Å². The first kappa shape index (κ1) is 12.3. The Hall–Kier alpha value is -2.45. The molecule has 0 atom stereocenters. The standard InChI is InChI=1S/C19H16N2/c1-3-7-14(8-4-1)17-11-16-12-20-13-18(16)21-19(17)15-9-5-2-6-10-15/h1-11,20H,12-13H2. The van der Waals surface area contributed by atoms with Gasteiger partial charge in [0.1, 0.15) is 0 Å². The number of aromatic nitrogens is 1. The summed E-state index contributed by atoms with van der Waals surface area (Å²) in [6.07, 6.45) is 0. The third kappa shape index (κ3) is 2.24. The molecule has 3 aromatic rings. The first-order valence-corrected chi connectivity index (χ1v) is 7.26. The lowest BCUT2D eigenvalue weighted by Crippen LogP contribution is -2.00. The van der Waals surface area contributed by atoms with E-state index in [0.717, 1.165) is 18.8 Å². The molecule has 2 heteroatoms. The summed E-state index contributed by atoms with van der Waals surface area (Å²) < 4.78 is 0. The normalized spacial score (nSPS) is 13.1. The van der Waals surface area contributed by atoms with Gasteiger partial charge < -0.3 is 5.32 Å². The van der Waals surface area contributed by atoms with Crippen molar-refractivity contribution in [2.24, 2.45) is 0 Å². The van der Waals surface area contributed by atoms with E-state index in [1.54, 1.807) is 0 Å². The zero-order chi connectivity index (χ0) is 14.1. The van der Waals surface area contributed by atoms with Crippen LogP contribution in [-0.4, -0.2) is 4.98 Å². The lowest BCUT2D eigenvalue weighted by molar-refractivity contribution is 0.758. The molecule has 0 spiro atoms. The van der Waals surface area contributed by atoms with E-state index in [9.17, 15) is 0 Å². The molecule has 2 nitrogen and oxygen atoms in total. The van der Waals surface area contributed by atoms with E-state index in [4.69, 9.17) is 4.98 Å². The van der Waals surface area contributed by atoms with Crippen molar-refractivity contribution in [2.45, 2.75) is 13.1 Å². The third-order valence-electron chi connectivity index (χ3n) is 3.93. The fourth-order valence-corrected chi connectivity index (χ4v) is 2.87. The molecule has 0 saturated heterocycles. The quantitative estimate of drug-likeness (QED) is 0.762. The molecule has 4 rings (SSSR count). The molecule has 0 aliphatic carbocycles. The Morgan fingerprint density at radius 3 is 2.14 bits per heavy atom. The highest BCUT2D eigenvalue weighted by molar-refractivity contribution is 5.81. The van der Waals surface area contributed by atoms with Crippen molar-refractivity contribution in [1.82, 2.24) is 10.3 Å². The van der Waals surface area contributed by atoms with Crippen molar-refractivity contribution in [1.29, 1.82) is 0 Å². The van der Waals surface area contributed by atoms with Gasteiger partial charge >= 0.3 is 0 Å². The number of rotatable bonds is 2. The van der Waals surface area contributed by atoms with Crippen molar-refractivity contribution in [2.75, 3.05) is 0 Å². The van der Waals surface area contributed by atoms with Crippen molar-refractivity contribution in [3.05, 3.63) is 78.0 Å². The van der Waals surface area contributed by atoms with Gasteiger partial charge in [0.15, 0.2) is 0 Å². The zero-order valence-corrected chi connectivity index (χ0v) is 11.7. The molecule has 1 aromatic heterocycles. The highest BCUT2D eigenvalue weighted by atomic mass is 14.9. The zero-order valence-electron chi connectivity index (χ0n) is 11.7. The van der Waals surface area contributed by atoms with Gasteiger partial charge in [-0.1, -0.05) is 60.7 Å². The third-order valence-corrected chi connectivity index (χ3v) is 3.93. The Bertz CT molecular complexity index is 698. The molecular weight excluding hydrogens is 256 g/mol. The number of pyridine rings is 1. The van der Waals surface area contributed by atoms with Crippen LogP contribution in [0.25, 0.3) is 22.4 Å². The van der Waals surface area contributed by atoms with Gasteiger partial charge in [0.25, 0.3) is 0 Å². The Labute approximate surface area is 124 Å². The average Bonchev–Trinajstić information content (AvgIpc) is 3.03. The molecule has 2 aromatic carbocycles. The van der Waals surface area contributed by atoms with Crippen LogP contribution in [0, 0.1) is 0 Å². The highest BCUT2D eigenvalue weighted by Crippen LogP contribution is 2.33. The Morgan fingerprint density at radius 1 is 0.762 bits per heavy atom. The van der Waals surface area contributed by atoms with E-state index in [1.165, 1.54) is 27.9 Å². The van der Waals surface area contributed by atoms with Gasteiger partial charge in [0.2, 0.25) is 0 Å². The molecule has 1 aliphatic heterocycles. The van der Waals surface area contributed by atoms with Crippen LogP contribution < -0.4 is 5.32 Å². The van der Waals surface area contributed by atoms with Gasteiger partial charge in [-0.15, -0.1) is 0 Å². The minimum absolute atomic E-state index is 0.865. The van der Waals surface area contributed by atoms with Gasteiger partial charge in [0, 0.05) is 24.2 Å². The van der Waals surface area contributed by atoms with Crippen molar-refractivity contribution >= 4 is 0 Å². The summed E-state index contributed by atoms with van der Waals surface area (Å²) >= 11 is 0. The maximum Gasteiger partial charge on any atom is 0.0784 e. The minimum Gasteiger partial charge on any atom is -0.307 e. The minimum atomic E-state index is 0.865. The van der Waals surface area contributed by atoms with Crippen LogP contribution in [0.15, 0.2) is 66.7 Å². The lowest BCUT2D eigenvalue weighted by atomic mass is 9.97. The predicted octanol–water partition coefficient (Wildman–Crippen LogP) is 4.02. The Kier molecular flexibility index (Phi) is 3.02. The summed E-state index contributed by atoms with van der Waals surface area (Å²) in [5.74, 6) is 0. The van der Waals surface area contributed by atoms with Crippen molar-refractivity contribution in [3.8, 4) is 22.4 Å². The smallest absolute Gasteiger partial charge is 0.0784 e. The number of nitrogens with zero attached hydrogens (tertiary/aromatic N) is 1. The monoisotopic (exact) mass is 272 g/mol. The van der Waals surface area contributed by atoms with Gasteiger partial charge in [-0.25, -0.2) is 0 Å². The number of hydrogen-bond acceptors (Lipinski definition) is 2. The molecule has 21 heavy (non-hydrogen) atoms. The van der Waals surface area contributed by atoms with Crippen molar-refractivity contribution < 1.29 is 0 Å². The fourth-order valence-electron chi connectivity index (χ4n) is 2.87. The SMILES string of the molecule is c1ccc(-c2cc3c(nc2-c2ccccc2)CNC3)cc1. The van der Waals surface area contributed by atoms with E-state index in [1.807, 2.05) is 12.1 Å². The molecule has 0 amide bonds. The number of fused-ring (bicyclic) bond motifs is 1. The molecule has 102 valence electrons. The largest absolute Gasteiger partial charge is 0.307 e. The first-order chi connectivity index (χ1) is 10.4. The van der Waals surface area contributed by atoms with Crippen LogP contribution in [0.2, 0.25) is 0 Å². The number of benzene rings is 2. The van der Waals surface area contributed by atoms with Crippen LogP contribution >= 0.6 is 0 Å². The summed E-state index contributed by atoms with van der Waals surface area (Å²) in [4.78, 5) is 4.94. The predicted molar refractivity (Wildman–Crippen MR) is 85.7 cm³/mol. The number of nitrogens with one attached hydrogen (secondary N) is 1. The van der Waals surface area contributed by atoms with Gasteiger partial charge in [-0.2, -0.15) is 0 Å². The second-order valence-corrected chi connectivity index (χ2v) is 5.33. The molecule has 0 bridgehead atoms. The molecule has 1 N–H and O–H groups in total. The topological polar surface area (TPSA) is 24.9 Å². The van der Waals surface area contributed by atoms with Gasteiger partial charge in [-0.05, 0) is 17.2 Å². The van der Waals surface area contributed by atoms with E-state index >= 15 is 0 Å². The number of hydrogen-bond donors (Lipinski definition) is 1. The lowest BCUT2D eigenvalue weighted by Gasteiger charge is -2.12. The fraction of sp³-hybridized carbons (Fsp3) is 0.105. The first-order valence-electron chi connectivity index (χ1n) is 7.26. The maximum absolute atomic E-state index is 4.94. The van der Waals surface area contributed by atoms with Crippen LogP contribution in [-0.2, 0) is 13.1 Å².